The Hall–Kier alpha value is -2.86. The molecule has 0 aliphatic heterocycles. The van der Waals surface area contributed by atoms with Crippen LogP contribution in [0.25, 0.3) is 10.9 Å². The van der Waals surface area contributed by atoms with Gasteiger partial charge in [-0.1, -0.05) is 37.6 Å². The van der Waals surface area contributed by atoms with Gasteiger partial charge in [0.1, 0.15) is 11.6 Å². The van der Waals surface area contributed by atoms with Crippen molar-refractivity contribution in [3.05, 3.63) is 54.1 Å². The Labute approximate surface area is 197 Å². The first-order valence-electron chi connectivity index (χ1n) is 12.3. The molecule has 1 aromatic heterocycles. The Balaban J connectivity index is 1.26. The van der Waals surface area contributed by atoms with E-state index in [1.165, 1.54) is 5.56 Å². The minimum absolute atomic E-state index is 0.416. The Morgan fingerprint density at radius 2 is 1.67 bits per heavy atom. The van der Waals surface area contributed by atoms with E-state index in [9.17, 15) is 0 Å². The molecule has 0 unspecified atom stereocenters. The second kappa shape index (κ2) is 11.3. The van der Waals surface area contributed by atoms with Gasteiger partial charge in [-0.15, -0.1) is 0 Å². The summed E-state index contributed by atoms with van der Waals surface area (Å²) in [7, 11) is 4.06. The number of benzene rings is 2. The molecule has 0 bridgehead atoms. The molecule has 1 aliphatic rings. The lowest BCUT2D eigenvalue weighted by Gasteiger charge is -2.30. The summed E-state index contributed by atoms with van der Waals surface area (Å²) in [6, 6.07) is 17.7. The van der Waals surface area contributed by atoms with Crippen molar-refractivity contribution in [1.29, 1.82) is 0 Å². The van der Waals surface area contributed by atoms with Crippen LogP contribution in [0, 0.1) is 0 Å². The van der Waals surface area contributed by atoms with Crippen LogP contribution >= 0.6 is 0 Å². The lowest BCUT2D eigenvalue weighted by atomic mass is 9.91. The van der Waals surface area contributed by atoms with Gasteiger partial charge in [-0.2, -0.15) is 4.98 Å². The minimum Gasteiger partial charge on any atom is -0.494 e. The normalized spacial score (nSPS) is 18.3. The topological polar surface area (TPSA) is 62.3 Å². The first-order valence-corrected chi connectivity index (χ1v) is 12.3. The molecule has 0 atom stereocenters. The third-order valence-electron chi connectivity index (χ3n) is 6.35. The Morgan fingerprint density at radius 1 is 0.939 bits per heavy atom. The molecule has 1 aliphatic carbocycles. The zero-order valence-electron chi connectivity index (χ0n) is 20.2. The maximum absolute atomic E-state index is 5.76. The molecule has 6 heteroatoms. The molecule has 4 rings (SSSR count). The van der Waals surface area contributed by atoms with Gasteiger partial charge in [0.15, 0.2) is 0 Å². The predicted octanol–water partition coefficient (Wildman–Crippen LogP) is 5.39. The standard InChI is InChI=1S/C27H37N5O/c1-4-5-18-33-23-16-10-20(11-17-23)19-28-21-12-14-22(15-13-21)29-27-30-25-9-7-6-8-24(25)26(31-27)32(2)3/h6-11,16-17,21-22,28H,4-5,12-15,18-19H2,1-3H3,(H,29,30,31). The summed E-state index contributed by atoms with van der Waals surface area (Å²) in [5.41, 5.74) is 2.29. The van der Waals surface area contributed by atoms with Crippen molar-refractivity contribution in [2.24, 2.45) is 0 Å². The number of aromatic nitrogens is 2. The van der Waals surface area contributed by atoms with E-state index in [-0.39, 0.29) is 0 Å². The zero-order chi connectivity index (χ0) is 23.0. The fourth-order valence-electron chi connectivity index (χ4n) is 4.39. The summed E-state index contributed by atoms with van der Waals surface area (Å²) in [6.45, 7) is 3.88. The van der Waals surface area contributed by atoms with Crippen LogP contribution in [0.1, 0.15) is 51.0 Å². The minimum atomic E-state index is 0.416. The molecular weight excluding hydrogens is 410 g/mol. The number of hydrogen-bond acceptors (Lipinski definition) is 6. The van der Waals surface area contributed by atoms with E-state index in [0.29, 0.717) is 12.1 Å². The molecule has 33 heavy (non-hydrogen) atoms. The van der Waals surface area contributed by atoms with E-state index < -0.39 is 0 Å². The largest absolute Gasteiger partial charge is 0.494 e. The molecule has 0 amide bonds. The average Bonchev–Trinajstić information content (AvgIpc) is 2.84. The molecule has 0 spiro atoms. The SMILES string of the molecule is CCCCOc1ccc(CNC2CCC(Nc3nc(N(C)C)c4ccccc4n3)CC2)cc1. The monoisotopic (exact) mass is 447 g/mol. The van der Waals surface area contributed by atoms with Crippen molar-refractivity contribution in [3.63, 3.8) is 0 Å². The van der Waals surface area contributed by atoms with Crippen LogP contribution < -0.4 is 20.3 Å². The molecular formula is C27H37N5O. The molecule has 6 nitrogen and oxygen atoms in total. The number of ether oxygens (including phenoxy) is 1. The van der Waals surface area contributed by atoms with Gasteiger partial charge in [-0.05, 0) is 61.9 Å². The highest BCUT2D eigenvalue weighted by atomic mass is 16.5. The van der Waals surface area contributed by atoms with E-state index in [4.69, 9.17) is 14.7 Å². The highest BCUT2D eigenvalue weighted by Gasteiger charge is 2.22. The second-order valence-electron chi connectivity index (χ2n) is 9.20. The molecule has 0 radical (unpaired) electrons. The van der Waals surface area contributed by atoms with Crippen molar-refractivity contribution in [2.75, 3.05) is 30.9 Å². The summed E-state index contributed by atoms with van der Waals surface area (Å²) >= 11 is 0. The van der Waals surface area contributed by atoms with E-state index in [1.807, 2.05) is 26.2 Å². The van der Waals surface area contributed by atoms with E-state index in [2.05, 4.69) is 58.9 Å². The van der Waals surface area contributed by atoms with Crippen molar-refractivity contribution in [1.82, 2.24) is 15.3 Å². The van der Waals surface area contributed by atoms with Crippen LogP contribution in [0.4, 0.5) is 11.8 Å². The van der Waals surface area contributed by atoms with Crippen LogP contribution in [-0.2, 0) is 6.54 Å². The fourth-order valence-corrected chi connectivity index (χ4v) is 4.39. The smallest absolute Gasteiger partial charge is 0.225 e. The van der Waals surface area contributed by atoms with Crippen LogP contribution in [-0.4, -0.2) is 42.8 Å². The average molecular weight is 448 g/mol. The van der Waals surface area contributed by atoms with Gasteiger partial charge < -0.3 is 20.3 Å². The Morgan fingerprint density at radius 3 is 2.39 bits per heavy atom. The summed E-state index contributed by atoms with van der Waals surface area (Å²) in [6.07, 6.45) is 6.82. The highest BCUT2D eigenvalue weighted by Crippen LogP contribution is 2.26. The maximum atomic E-state index is 5.76. The molecule has 176 valence electrons. The van der Waals surface area contributed by atoms with Crippen molar-refractivity contribution >= 4 is 22.7 Å². The second-order valence-corrected chi connectivity index (χ2v) is 9.20. The maximum Gasteiger partial charge on any atom is 0.225 e. The molecule has 3 aromatic rings. The van der Waals surface area contributed by atoms with Crippen LogP contribution in [0.15, 0.2) is 48.5 Å². The molecule has 0 saturated heterocycles. The highest BCUT2D eigenvalue weighted by molar-refractivity contribution is 5.90. The van der Waals surface area contributed by atoms with Crippen molar-refractivity contribution in [3.8, 4) is 5.75 Å². The fraction of sp³-hybridized carbons (Fsp3) is 0.481. The predicted molar refractivity (Wildman–Crippen MR) is 137 cm³/mol. The lowest BCUT2D eigenvalue weighted by molar-refractivity contribution is 0.309. The number of rotatable bonds is 10. The zero-order valence-corrected chi connectivity index (χ0v) is 20.2. The van der Waals surface area contributed by atoms with Gasteiger partial charge >= 0.3 is 0 Å². The van der Waals surface area contributed by atoms with Crippen molar-refractivity contribution in [2.45, 2.75) is 64.1 Å². The first kappa shape index (κ1) is 23.3. The van der Waals surface area contributed by atoms with Gasteiger partial charge in [0.2, 0.25) is 5.95 Å². The lowest BCUT2D eigenvalue weighted by Crippen LogP contribution is -2.37. The van der Waals surface area contributed by atoms with E-state index in [1.54, 1.807) is 0 Å². The first-order chi connectivity index (χ1) is 16.1. The van der Waals surface area contributed by atoms with Gasteiger partial charge in [0, 0.05) is 38.1 Å². The van der Waals surface area contributed by atoms with Gasteiger partial charge in [0.25, 0.3) is 0 Å². The van der Waals surface area contributed by atoms with E-state index in [0.717, 1.165) is 80.1 Å². The number of anilines is 2. The van der Waals surface area contributed by atoms with Crippen LogP contribution in [0.5, 0.6) is 5.75 Å². The quantitative estimate of drug-likeness (QED) is 0.407. The molecule has 1 saturated carbocycles. The third kappa shape index (κ3) is 6.35. The van der Waals surface area contributed by atoms with Crippen molar-refractivity contribution < 1.29 is 4.74 Å². The summed E-state index contributed by atoms with van der Waals surface area (Å²) < 4.78 is 5.76. The molecule has 2 N–H and O–H groups in total. The number of para-hydroxylation sites is 1. The number of unbranched alkanes of at least 4 members (excludes halogenated alkanes) is 1. The van der Waals surface area contributed by atoms with E-state index >= 15 is 0 Å². The Kier molecular flexibility index (Phi) is 8.00. The van der Waals surface area contributed by atoms with Gasteiger partial charge in [0.05, 0.1) is 12.1 Å². The third-order valence-corrected chi connectivity index (χ3v) is 6.35. The molecule has 2 aromatic carbocycles. The Bertz CT molecular complexity index is 1010. The summed E-state index contributed by atoms with van der Waals surface area (Å²) in [5.74, 6) is 2.66. The number of nitrogens with one attached hydrogen (secondary N) is 2. The van der Waals surface area contributed by atoms with Crippen LogP contribution in [0.2, 0.25) is 0 Å². The van der Waals surface area contributed by atoms with Crippen LogP contribution in [0.3, 0.4) is 0 Å². The summed E-state index contributed by atoms with van der Waals surface area (Å²) in [4.78, 5) is 11.6. The van der Waals surface area contributed by atoms with Gasteiger partial charge in [-0.25, -0.2) is 4.98 Å². The molecule has 1 fully saturated rings. The summed E-state index contributed by atoms with van der Waals surface area (Å²) in [5, 5.41) is 8.42. The van der Waals surface area contributed by atoms with Gasteiger partial charge in [-0.3, -0.25) is 0 Å². The number of nitrogens with zero attached hydrogens (tertiary/aromatic N) is 3. The number of fused-ring (bicyclic) bond motifs is 1. The number of hydrogen-bond donors (Lipinski definition) is 2. The molecule has 1 heterocycles.